The van der Waals surface area contributed by atoms with Gasteiger partial charge in [0.2, 0.25) is 0 Å². The third-order valence-electron chi connectivity index (χ3n) is 10.9. The molecule has 0 aliphatic carbocycles. The second kappa shape index (κ2) is 12.6. The molecule has 0 N–H and O–H groups in total. The van der Waals surface area contributed by atoms with E-state index in [4.69, 9.17) is 9.97 Å². The maximum absolute atomic E-state index is 4.84. The average Bonchev–Trinajstić information content (AvgIpc) is 3.69. The van der Waals surface area contributed by atoms with Crippen molar-refractivity contribution >= 4 is 43.6 Å². The number of aromatic nitrogens is 5. The number of benzene rings is 7. The molecule has 0 saturated carbocycles. The zero-order chi connectivity index (χ0) is 37.4. The van der Waals surface area contributed by atoms with Crippen LogP contribution in [0, 0.1) is 34.6 Å². The molecule has 5 heteroatoms. The van der Waals surface area contributed by atoms with E-state index in [1.807, 2.05) is 13.8 Å². The molecular weight excluding hydrogens is 671 g/mol. The summed E-state index contributed by atoms with van der Waals surface area (Å²) in [7, 11) is 0. The zero-order valence-corrected chi connectivity index (χ0v) is 31.6. The molecule has 0 unspecified atom stereocenters. The van der Waals surface area contributed by atoms with Crippen LogP contribution in [0.15, 0.2) is 146 Å². The number of hydrogen-bond acceptors (Lipinski definition) is 3. The molecule has 55 heavy (non-hydrogen) atoms. The number of rotatable bonds is 5. The smallest absolute Gasteiger partial charge is 0.163 e. The summed E-state index contributed by atoms with van der Waals surface area (Å²) < 4.78 is 4.88. The molecule has 0 aliphatic rings. The molecule has 0 spiro atoms. The second-order valence-corrected chi connectivity index (χ2v) is 14.8. The van der Waals surface area contributed by atoms with Crippen molar-refractivity contribution in [3.63, 3.8) is 0 Å². The first-order valence-electron chi connectivity index (χ1n) is 18.9. The molecule has 0 amide bonds. The highest BCUT2D eigenvalue weighted by molar-refractivity contribution is 6.12. The number of aryl methyl sites for hydroxylation is 5. The molecule has 0 saturated heterocycles. The fourth-order valence-corrected chi connectivity index (χ4v) is 8.40. The minimum absolute atomic E-state index is 0.666. The van der Waals surface area contributed by atoms with Crippen molar-refractivity contribution in [2.45, 2.75) is 34.6 Å². The Labute approximate surface area is 320 Å². The van der Waals surface area contributed by atoms with Crippen molar-refractivity contribution in [1.82, 2.24) is 24.1 Å². The van der Waals surface area contributed by atoms with Gasteiger partial charge in [0.15, 0.2) is 5.82 Å². The predicted octanol–water partition coefficient (Wildman–Crippen LogP) is 12.6. The maximum Gasteiger partial charge on any atom is 0.163 e. The van der Waals surface area contributed by atoms with Gasteiger partial charge in [0.25, 0.3) is 0 Å². The first-order chi connectivity index (χ1) is 26.8. The van der Waals surface area contributed by atoms with E-state index in [9.17, 15) is 0 Å². The van der Waals surface area contributed by atoms with Crippen LogP contribution in [0.25, 0.3) is 88.6 Å². The highest BCUT2D eigenvalue weighted by Crippen LogP contribution is 2.43. The molecule has 5 nitrogen and oxygen atoms in total. The summed E-state index contributed by atoms with van der Waals surface area (Å²) >= 11 is 0. The lowest BCUT2D eigenvalue weighted by Crippen LogP contribution is -2.04. The molecule has 0 fully saturated rings. The predicted molar refractivity (Wildman–Crippen MR) is 228 cm³/mol. The Bertz CT molecular complexity index is 3120. The minimum atomic E-state index is 0.666. The quantitative estimate of drug-likeness (QED) is 0.179. The standard InChI is InChI=1S/C50H39N5/c1-30-14-18-35(19-15-30)36-20-24-48(54-44-12-8-6-10-38(44)40-26-31(2)16-22-46(40)54)42(28-36)43-29-37(50-52-33(4)51-34(5)53-50)21-25-49(43)55-45-13-9-7-11-39(45)41-27-32(3)17-23-47(41)55/h6-29H,1-5H3. The Balaban J connectivity index is 1.36. The molecule has 0 aliphatic heterocycles. The van der Waals surface area contributed by atoms with Crippen LogP contribution in [-0.4, -0.2) is 24.1 Å². The van der Waals surface area contributed by atoms with Crippen LogP contribution in [0.4, 0.5) is 0 Å². The molecule has 3 aromatic heterocycles. The fourth-order valence-electron chi connectivity index (χ4n) is 8.40. The summed E-state index contributed by atoms with van der Waals surface area (Å²) in [5, 5.41) is 4.94. The van der Waals surface area contributed by atoms with E-state index in [2.05, 4.69) is 180 Å². The summed E-state index contributed by atoms with van der Waals surface area (Å²) in [6.45, 7) is 10.3. The van der Waals surface area contributed by atoms with Crippen LogP contribution in [0.3, 0.4) is 0 Å². The van der Waals surface area contributed by atoms with E-state index in [-0.39, 0.29) is 0 Å². The van der Waals surface area contributed by atoms with Crippen LogP contribution in [0.1, 0.15) is 28.3 Å². The second-order valence-electron chi connectivity index (χ2n) is 14.8. The van der Waals surface area contributed by atoms with Gasteiger partial charge in [0.1, 0.15) is 11.6 Å². The van der Waals surface area contributed by atoms with Crippen molar-refractivity contribution in [1.29, 1.82) is 0 Å². The van der Waals surface area contributed by atoms with Crippen molar-refractivity contribution in [3.8, 4) is 45.0 Å². The van der Waals surface area contributed by atoms with Crippen LogP contribution in [0.5, 0.6) is 0 Å². The normalized spacial score (nSPS) is 11.7. The summed E-state index contributed by atoms with van der Waals surface area (Å²) in [4.78, 5) is 14.2. The molecule has 0 radical (unpaired) electrons. The number of fused-ring (bicyclic) bond motifs is 6. The molecule has 0 atom stereocenters. The Kier molecular flexibility index (Phi) is 7.53. The van der Waals surface area contributed by atoms with Gasteiger partial charge in [-0.3, -0.25) is 0 Å². The first kappa shape index (κ1) is 32.8. The number of para-hydroxylation sites is 2. The van der Waals surface area contributed by atoms with Crippen LogP contribution >= 0.6 is 0 Å². The van der Waals surface area contributed by atoms with Gasteiger partial charge in [0, 0.05) is 38.2 Å². The topological polar surface area (TPSA) is 48.5 Å². The Hall–Kier alpha value is -6.85. The molecule has 7 aromatic carbocycles. The van der Waals surface area contributed by atoms with E-state index < -0.39 is 0 Å². The SMILES string of the molecule is Cc1ccc(-c2ccc(-n3c4ccccc4c4cc(C)ccc43)c(-c3cc(-c4nc(C)nc(C)n4)ccc3-n3c4ccccc4c4cc(C)ccc43)c2)cc1. The summed E-state index contributed by atoms with van der Waals surface area (Å²) in [5.74, 6) is 2.07. The molecule has 10 rings (SSSR count). The van der Waals surface area contributed by atoms with Crippen molar-refractivity contribution in [2.75, 3.05) is 0 Å². The van der Waals surface area contributed by atoms with Crippen LogP contribution < -0.4 is 0 Å². The molecule has 3 heterocycles. The monoisotopic (exact) mass is 709 g/mol. The lowest BCUT2D eigenvalue weighted by atomic mass is 9.94. The van der Waals surface area contributed by atoms with E-state index in [1.165, 1.54) is 54.8 Å². The van der Waals surface area contributed by atoms with E-state index >= 15 is 0 Å². The van der Waals surface area contributed by atoms with E-state index in [0.29, 0.717) is 17.5 Å². The third kappa shape index (κ3) is 5.42. The van der Waals surface area contributed by atoms with Gasteiger partial charge < -0.3 is 9.13 Å². The van der Waals surface area contributed by atoms with Gasteiger partial charge in [0.05, 0.1) is 33.4 Å². The van der Waals surface area contributed by atoms with Crippen LogP contribution in [0.2, 0.25) is 0 Å². The van der Waals surface area contributed by atoms with E-state index in [0.717, 1.165) is 44.7 Å². The summed E-state index contributed by atoms with van der Waals surface area (Å²) in [6, 6.07) is 53.6. The Morgan fingerprint density at radius 1 is 0.345 bits per heavy atom. The van der Waals surface area contributed by atoms with Gasteiger partial charge in [-0.25, -0.2) is 15.0 Å². The minimum Gasteiger partial charge on any atom is -0.309 e. The van der Waals surface area contributed by atoms with Crippen LogP contribution in [-0.2, 0) is 0 Å². The first-order valence-corrected chi connectivity index (χ1v) is 18.9. The van der Waals surface area contributed by atoms with Crippen molar-refractivity contribution in [2.24, 2.45) is 0 Å². The summed E-state index contributed by atoms with van der Waals surface area (Å²) in [6.07, 6.45) is 0. The van der Waals surface area contributed by atoms with Gasteiger partial charge in [-0.05, 0) is 112 Å². The van der Waals surface area contributed by atoms with Gasteiger partial charge in [-0.15, -0.1) is 0 Å². The number of hydrogen-bond donors (Lipinski definition) is 0. The lowest BCUT2D eigenvalue weighted by Gasteiger charge is -2.21. The maximum atomic E-state index is 4.84. The summed E-state index contributed by atoms with van der Waals surface area (Å²) in [5.41, 5.74) is 16.0. The largest absolute Gasteiger partial charge is 0.309 e. The van der Waals surface area contributed by atoms with Crippen molar-refractivity contribution in [3.05, 3.63) is 174 Å². The van der Waals surface area contributed by atoms with Gasteiger partial charge in [-0.2, -0.15) is 0 Å². The molecular formula is C50H39N5. The highest BCUT2D eigenvalue weighted by Gasteiger charge is 2.22. The van der Waals surface area contributed by atoms with E-state index in [1.54, 1.807) is 0 Å². The average molecular weight is 710 g/mol. The third-order valence-corrected chi connectivity index (χ3v) is 10.9. The number of nitrogens with zero attached hydrogens (tertiary/aromatic N) is 5. The highest BCUT2D eigenvalue weighted by atomic mass is 15.0. The van der Waals surface area contributed by atoms with Crippen molar-refractivity contribution < 1.29 is 0 Å². The zero-order valence-electron chi connectivity index (χ0n) is 31.6. The molecule has 0 bridgehead atoms. The lowest BCUT2D eigenvalue weighted by molar-refractivity contribution is 0.928. The van der Waals surface area contributed by atoms with Gasteiger partial charge >= 0.3 is 0 Å². The Morgan fingerprint density at radius 2 is 0.782 bits per heavy atom. The Morgan fingerprint density at radius 3 is 1.33 bits per heavy atom. The van der Waals surface area contributed by atoms with Gasteiger partial charge in [-0.1, -0.05) is 95.6 Å². The molecule has 10 aromatic rings. The fraction of sp³-hybridized carbons (Fsp3) is 0.100. The molecule has 264 valence electrons.